The Morgan fingerprint density at radius 2 is 2.33 bits per heavy atom. The minimum Gasteiger partial charge on any atom is -0.477 e. The van der Waals surface area contributed by atoms with Crippen molar-refractivity contribution in [2.24, 2.45) is 13.0 Å². The number of aryl methyl sites for hydroxylation is 1. The largest absolute Gasteiger partial charge is 0.477 e. The van der Waals surface area contributed by atoms with Crippen molar-refractivity contribution < 1.29 is 14.3 Å². The molecule has 4 rings (SSSR count). The van der Waals surface area contributed by atoms with Crippen LogP contribution in [0.1, 0.15) is 16.8 Å². The van der Waals surface area contributed by atoms with Crippen LogP contribution in [0.25, 0.3) is 0 Å². The SMILES string of the molecule is Cn1cc(C(=O)N2CC3(C2)OCC[C@@H]3COc2ccccn2)cn1. The Morgan fingerprint density at radius 3 is 3.04 bits per heavy atom. The van der Waals surface area contributed by atoms with Crippen LogP contribution in [0.2, 0.25) is 0 Å². The maximum atomic E-state index is 12.4. The Balaban J connectivity index is 1.36. The van der Waals surface area contributed by atoms with Gasteiger partial charge in [0.2, 0.25) is 5.88 Å². The Morgan fingerprint density at radius 1 is 1.46 bits per heavy atom. The van der Waals surface area contributed by atoms with Crippen molar-refractivity contribution in [2.75, 3.05) is 26.3 Å². The number of carbonyl (C=O) groups is 1. The van der Waals surface area contributed by atoms with Crippen molar-refractivity contribution in [3.8, 4) is 5.88 Å². The molecule has 2 fully saturated rings. The van der Waals surface area contributed by atoms with Crippen molar-refractivity contribution in [3.63, 3.8) is 0 Å². The first-order valence-electron chi connectivity index (χ1n) is 8.12. The Bertz CT molecular complexity index is 724. The fraction of sp³-hybridized carbons (Fsp3) is 0.471. The lowest BCUT2D eigenvalue weighted by Crippen LogP contribution is -2.66. The number of likely N-dealkylation sites (tertiary alicyclic amines) is 1. The zero-order valence-corrected chi connectivity index (χ0v) is 13.6. The molecule has 0 aromatic carbocycles. The van der Waals surface area contributed by atoms with Gasteiger partial charge in [0.15, 0.2) is 0 Å². The van der Waals surface area contributed by atoms with Gasteiger partial charge in [-0.3, -0.25) is 9.48 Å². The molecule has 1 atom stereocenters. The molecule has 1 spiro atoms. The fourth-order valence-corrected chi connectivity index (χ4v) is 3.45. The second-order valence-electron chi connectivity index (χ2n) is 6.44. The number of carbonyl (C=O) groups excluding carboxylic acids is 1. The number of aromatic nitrogens is 3. The number of hydrogen-bond donors (Lipinski definition) is 0. The maximum absolute atomic E-state index is 12.4. The molecular weight excluding hydrogens is 308 g/mol. The van der Waals surface area contributed by atoms with Crippen LogP contribution in [0, 0.1) is 5.92 Å². The summed E-state index contributed by atoms with van der Waals surface area (Å²) in [6.45, 7) is 2.49. The van der Waals surface area contributed by atoms with E-state index in [0.29, 0.717) is 37.7 Å². The second-order valence-corrected chi connectivity index (χ2v) is 6.44. The quantitative estimate of drug-likeness (QED) is 0.841. The molecule has 0 saturated carbocycles. The summed E-state index contributed by atoms with van der Waals surface area (Å²) in [7, 11) is 1.81. The summed E-state index contributed by atoms with van der Waals surface area (Å²) in [4.78, 5) is 18.4. The lowest BCUT2D eigenvalue weighted by atomic mass is 9.81. The molecule has 7 nitrogen and oxygen atoms in total. The molecule has 0 aliphatic carbocycles. The highest BCUT2D eigenvalue weighted by Crippen LogP contribution is 2.40. The van der Waals surface area contributed by atoms with Gasteiger partial charge in [-0.1, -0.05) is 6.07 Å². The maximum Gasteiger partial charge on any atom is 0.257 e. The van der Waals surface area contributed by atoms with Crippen molar-refractivity contribution in [2.45, 2.75) is 12.0 Å². The van der Waals surface area contributed by atoms with Crippen molar-refractivity contribution in [1.29, 1.82) is 0 Å². The van der Waals surface area contributed by atoms with Gasteiger partial charge in [0.25, 0.3) is 5.91 Å². The molecule has 4 heterocycles. The molecule has 2 saturated heterocycles. The zero-order chi connectivity index (χ0) is 16.6. The predicted octanol–water partition coefficient (Wildman–Crippen LogP) is 1.13. The van der Waals surface area contributed by atoms with Gasteiger partial charge in [-0.2, -0.15) is 5.10 Å². The summed E-state index contributed by atoms with van der Waals surface area (Å²) in [5.41, 5.74) is 0.346. The molecule has 0 N–H and O–H groups in total. The van der Waals surface area contributed by atoms with Gasteiger partial charge in [-0.15, -0.1) is 0 Å². The van der Waals surface area contributed by atoms with Crippen LogP contribution in [0.15, 0.2) is 36.8 Å². The van der Waals surface area contributed by atoms with Gasteiger partial charge in [0.1, 0.15) is 5.60 Å². The van der Waals surface area contributed by atoms with Gasteiger partial charge < -0.3 is 14.4 Å². The van der Waals surface area contributed by atoms with Crippen LogP contribution in [0.3, 0.4) is 0 Å². The van der Waals surface area contributed by atoms with E-state index in [1.165, 1.54) is 0 Å². The minimum atomic E-state index is -0.271. The van der Waals surface area contributed by atoms with E-state index in [1.54, 1.807) is 30.3 Å². The molecule has 0 bridgehead atoms. The minimum absolute atomic E-state index is 0.00798. The molecule has 126 valence electrons. The first kappa shape index (κ1) is 15.1. The third kappa shape index (κ3) is 2.65. The summed E-state index contributed by atoms with van der Waals surface area (Å²) >= 11 is 0. The molecule has 1 amide bonds. The summed E-state index contributed by atoms with van der Waals surface area (Å²) < 4.78 is 13.4. The fourth-order valence-electron chi connectivity index (χ4n) is 3.45. The van der Waals surface area contributed by atoms with E-state index in [2.05, 4.69) is 10.1 Å². The standard InChI is InChI=1S/C17H20N4O3/c1-20-9-13(8-19-20)16(22)21-11-17(12-21)14(5-7-24-17)10-23-15-4-2-3-6-18-15/h2-4,6,8-9,14H,5,7,10-12H2,1H3/t14-/m1/s1. The molecule has 0 unspecified atom stereocenters. The molecule has 7 heteroatoms. The van der Waals surface area contributed by atoms with E-state index in [0.717, 1.165) is 6.42 Å². The zero-order valence-electron chi connectivity index (χ0n) is 13.6. The van der Waals surface area contributed by atoms with E-state index in [1.807, 2.05) is 23.1 Å². The number of hydrogen-bond acceptors (Lipinski definition) is 5. The Labute approximate surface area is 140 Å². The molecule has 2 aliphatic heterocycles. The average Bonchev–Trinajstić information content (AvgIpc) is 3.18. The summed E-state index contributed by atoms with van der Waals surface area (Å²) in [6.07, 6.45) is 6.00. The Kier molecular flexibility index (Phi) is 3.72. The van der Waals surface area contributed by atoms with Gasteiger partial charge in [-0.05, 0) is 12.5 Å². The highest BCUT2D eigenvalue weighted by Gasteiger charge is 2.54. The first-order valence-corrected chi connectivity index (χ1v) is 8.12. The summed E-state index contributed by atoms with van der Waals surface area (Å²) in [5, 5.41) is 4.06. The number of amides is 1. The average molecular weight is 328 g/mol. The van der Waals surface area contributed by atoms with E-state index in [-0.39, 0.29) is 17.4 Å². The van der Waals surface area contributed by atoms with Gasteiger partial charge >= 0.3 is 0 Å². The highest BCUT2D eigenvalue weighted by atomic mass is 16.5. The summed E-state index contributed by atoms with van der Waals surface area (Å²) in [5.74, 6) is 0.910. The van der Waals surface area contributed by atoms with Crippen LogP contribution < -0.4 is 4.74 Å². The van der Waals surface area contributed by atoms with Gasteiger partial charge in [0, 0.05) is 38.0 Å². The van der Waals surface area contributed by atoms with Crippen LogP contribution in [-0.2, 0) is 11.8 Å². The molecular formula is C17H20N4O3. The lowest BCUT2D eigenvalue weighted by Gasteiger charge is -2.49. The Hall–Kier alpha value is -2.41. The third-order valence-electron chi connectivity index (χ3n) is 4.83. The molecule has 2 aliphatic rings. The second kappa shape index (κ2) is 5.90. The van der Waals surface area contributed by atoms with Crippen LogP contribution in [0.4, 0.5) is 0 Å². The van der Waals surface area contributed by atoms with E-state index >= 15 is 0 Å². The number of pyridine rings is 1. The topological polar surface area (TPSA) is 69.5 Å². The number of ether oxygens (including phenoxy) is 2. The monoisotopic (exact) mass is 328 g/mol. The molecule has 2 aromatic rings. The third-order valence-corrected chi connectivity index (χ3v) is 4.83. The van der Waals surface area contributed by atoms with Crippen LogP contribution in [0.5, 0.6) is 5.88 Å². The smallest absolute Gasteiger partial charge is 0.257 e. The molecule has 24 heavy (non-hydrogen) atoms. The van der Waals surface area contributed by atoms with Crippen molar-refractivity contribution in [3.05, 3.63) is 42.4 Å². The predicted molar refractivity (Wildman–Crippen MR) is 85.6 cm³/mol. The number of nitrogens with zero attached hydrogens (tertiary/aromatic N) is 4. The highest BCUT2D eigenvalue weighted by molar-refractivity contribution is 5.94. The normalized spacial score (nSPS) is 21.7. The lowest BCUT2D eigenvalue weighted by molar-refractivity contribution is -0.122. The number of rotatable bonds is 4. The van der Waals surface area contributed by atoms with E-state index < -0.39 is 0 Å². The van der Waals surface area contributed by atoms with Gasteiger partial charge in [0.05, 0.1) is 31.5 Å². The van der Waals surface area contributed by atoms with Crippen molar-refractivity contribution >= 4 is 5.91 Å². The van der Waals surface area contributed by atoms with Crippen LogP contribution >= 0.6 is 0 Å². The first-order chi connectivity index (χ1) is 11.7. The molecule has 0 radical (unpaired) electrons. The molecule has 2 aromatic heterocycles. The van der Waals surface area contributed by atoms with Crippen LogP contribution in [-0.4, -0.2) is 57.5 Å². The van der Waals surface area contributed by atoms with E-state index in [4.69, 9.17) is 9.47 Å². The van der Waals surface area contributed by atoms with Gasteiger partial charge in [-0.25, -0.2) is 4.98 Å². The van der Waals surface area contributed by atoms with Crippen molar-refractivity contribution in [1.82, 2.24) is 19.7 Å². The van der Waals surface area contributed by atoms with E-state index in [9.17, 15) is 4.79 Å². The summed E-state index contributed by atoms with van der Waals surface area (Å²) in [6, 6.07) is 5.61.